The van der Waals surface area contributed by atoms with Crippen LogP contribution in [0.5, 0.6) is 0 Å². The molecule has 2 unspecified atom stereocenters. The topological polar surface area (TPSA) is 41.5 Å². The van der Waals surface area contributed by atoms with Gasteiger partial charge in [0.05, 0.1) is 11.7 Å². The summed E-state index contributed by atoms with van der Waals surface area (Å²) < 4.78 is 5.66. The van der Waals surface area contributed by atoms with Gasteiger partial charge in [-0.1, -0.05) is 6.92 Å². The number of ether oxygens (including phenoxy) is 1. The number of nitrogens with one attached hydrogen (secondary N) is 1. The van der Waals surface area contributed by atoms with Crippen LogP contribution in [0.4, 0.5) is 0 Å². The number of hydrogen-bond acceptors (Lipinski definition) is 3. The molecule has 1 saturated carbocycles. The van der Waals surface area contributed by atoms with Crippen molar-refractivity contribution >= 4 is 0 Å². The maximum atomic E-state index is 10.5. The second-order valence-electron chi connectivity index (χ2n) is 6.13. The average molecular weight is 241 g/mol. The molecule has 1 saturated heterocycles. The molecule has 1 heterocycles. The fourth-order valence-electron chi connectivity index (χ4n) is 2.96. The normalized spacial score (nSPS) is 40.4. The van der Waals surface area contributed by atoms with Crippen molar-refractivity contribution < 1.29 is 9.84 Å². The van der Waals surface area contributed by atoms with E-state index in [1.54, 1.807) is 0 Å². The van der Waals surface area contributed by atoms with Crippen molar-refractivity contribution in [2.24, 2.45) is 5.92 Å². The van der Waals surface area contributed by atoms with Crippen LogP contribution in [0.3, 0.4) is 0 Å². The lowest BCUT2D eigenvalue weighted by molar-refractivity contribution is -0.0132. The molecule has 0 spiro atoms. The fraction of sp³-hybridized carbons (Fsp3) is 1.00. The summed E-state index contributed by atoms with van der Waals surface area (Å²) in [5, 5.41) is 14.0. The molecule has 2 fully saturated rings. The Morgan fingerprint density at radius 1 is 1.35 bits per heavy atom. The van der Waals surface area contributed by atoms with Crippen LogP contribution in [0.2, 0.25) is 0 Å². The van der Waals surface area contributed by atoms with Crippen molar-refractivity contribution in [1.29, 1.82) is 0 Å². The minimum absolute atomic E-state index is 0.348. The van der Waals surface area contributed by atoms with Crippen LogP contribution >= 0.6 is 0 Å². The Balaban J connectivity index is 1.73. The maximum absolute atomic E-state index is 10.5. The van der Waals surface area contributed by atoms with E-state index in [-0.39, 0.29) is 0 Å². The zero-order chi connectivity index (χ0) is 12.3. The molecule has 2 aliphatic rings. The highest BCUT2D eigenvalue weighted by Gasteiger charge is 2.32. The quantitative estimate of drug-likeness (QED) is 0.792. The largest absolute Gasteiger partial charge is 0.389 e. The summed E-state index contributed by atoms with van der Waals surface area (Å²) in [6, 6.07) is 0.362. The molecule has 1 aliphatic heterocycles. The molecule has 17 heavy (non-hydrogen) atoms. The fourth-order valence-corrected chi connectivity index (χ4v) is 2.96. The van der Waals surface area contributed by atoms with Crippen molar-refractivity contribution in [3.05, 3.63) is 0 Å². The predicted molar refractivity (Wildman–Crippen MR) is 69.0 cm³/mol. The smallest absolute Gasteiger partial charge is 0.0771 e. The second-order valence-corrected chi connectivity index (χ2v) is 6.13. The van der Waals surface area contributed by atoms with Gasteiger partial charge in [0.2, 0.25) is 0 Å². The molecule has 0 amide bonds. The van der Waals surface area contributed by atoms with Crippen LogP contribution in [-0.2, 0) is 4.74 Å². The monoisotopic (exact) mass is 241 g/mol. The van der Waals surface area contributed by atoms with Gasteiger partial charge in [-0.25, -0.2) is 0 Å². The molecule has 0 radical (unpaired) electrons. The lowest BCUT2D eigenvalue weighted by atomic mass is 9.79. The van der Waals surface area contributed by atoms with Gasteiger partial charge in [-0.05, 0) is 51.4 Å². The van der Waals surface area contributed by atoms with Gasteiger partial charge in [0, 0.05) is 19.2 Å². The van der Waals surface area contributed by atoms with Crippen LogP contribution in [-0.4, -0.2) is 36.0 Å². The SMILES string of the molecule is CC1CCC(O)(CNC(C)C2CCCO2)CC1. The number of hydrogen-bond donors (Lipinski definition) is 2. The van der Waals surface area contributed by atoms with Crippen molar-refractivity contribution in [1.82, 2.24) is 5.32 Å². The molecule has 0 aromatic heterocycles. The van der Waals surface area contributed by atoms with E-state index in [2.05, 4.69) is 19.2 Å². The van der Waals surface area contributed by atoms with Crippen LogP contribution in [0.25, 0.3) is 0 Å². The molecule has 1 aliphatic carbocycles. The lowest BCUT2D eigenvalue weighted by Gasteiger charge is -2.36. The van der Waals surface area contributed by atoms with E-state index in [4.69, 9.17) is 4.74 Å². The van der Waals surface area contributed by atoms with Gasteiger partial charge in [0.1, 0.15) is 0 Å². The van der Waals surface area contributed by atoms with Crippen molar-refractivity contribution in [3.8, 4) is 0 Å². The second kappa shape index (κ2) is 5.68. The van der Waals surface area contributed by atoms with Crippen molar-refractivity contribution in [3.63, 3.8) is 0 Å². The number of rotatable bonds is 4. The van der Waals surface area contributed by atoms with Gasteiger partial charge in [-0.3, -0.25) is 0 Å². The molecule has 3 nitrogen and oxygen atoms in total. The first-order valence-corrected chi connectivity index (χ1v) is 7.16. The molecule has 0 aromatic carbocycles. The molecule has 0 aromatic rings. The first-order chi connectivity index (χ1) is 8.09. The first kappa shape index (κ1) is 13.3. The molecule has 100 valence electrons. The Kier molecular flexibility index (Phi) is 4.45. The van der Waals surface area contributed by atoms with Gasteiger partial charge in [0.15, 0.2) is 0 Å². The van der Waals surface area contributed by atoms with Gasteiger partial charge in [-0.2, -0.15) is 0 Å². The zero-order valence-electron chi connectivity index (χ0n) is 11.2. The molecule has 0 bridgehead atoms. The molecule has 2 atom stereocenters. The molecular formula is C14H27NO2. The summed E-state index contributed by atoms with van der Waals surface area (Å²) in [5.41, 5.74) is -0.473. The van der Waals surface area contributed by atoms with Crippen molar-refractivity contribution in [2.75, 3.05) is 13.2 Å². The summed E-state index contributed by atoms with van der Waals surface area (Å²) >= 11 is 0. The third-order valence-electron chi connectivity index (χ3n) is 4.48. The predicted octanol–water partition coefficient (Wildman–Crippen LogP) is 2.08. The molecule has 3 heteroatoms. The van der Waals surface area contributed by atoms with Gasteiger partial charge >= 0.3 is 0 Å². The average Bonchev–Trinajstić information content (AvgIpc) is 2.84. The Morgan fingerprint density at radius 2 is 2.06 bits per heavy atom. The van der Waals surface area contributed by atoms with E-state index in [1.165, 1.54) is 6.42 Å². The number of aliphatic hydroxyl groups is 1. The minimum atomic E-state index is -0.473. The van der Waals surface area contributed by atoms with Crippen LogP contribution in [0.1, 0.15) is 52.4 Å². The maximum Gasteiger partial charge on any atom is 0.0771 e. The van der Waals surface area contributed by atoms with Gasteiger partial charge in [-0.15, -0.1) is 0 Å². The Hall–Kier alpha value is -0.120. The summed E-state index contributed by atoms with van der Waals surface area (Å²) in [6.07, 6.45) is 6.89. The zero-order valence-corrected chi connectivity index (χ0v) is 11.2. The van der Waals surface area contributed by atoms with E-state index in [1.807, 2.05) is 0 Å². The molecular weight excluding hydrogens is 214 g/mol. The molecule has 2 rings (SSSR count). The summed E-state index contributed by atoms with van der Waals surface area (Å²) in [5.74, 6) is 0.783. The van der Waals surface area contributed by atoms with Gasteiger partial charge < -0.3 is 15.2 Å². The van der Waals surface area contributed by atoms with E-state index in [0.29, 0.717) is 12.1 Å². The van der Waals surface area contributed by atoms with E-state index < -0.39 is 5.60 Å². The Labute approximate surface area is 105 Å². The van der Waals surface area contributed by atoms with Crippen LogP contribution in [0.15, 0.2) is 0 Å². The third kappa shape index (κ3) is 3.67. The highest BCUT2D eigenvalue weighted by molar-refractivity contribution is 4.88. The summed E-state index contributed by atoms with van der Waals surface area (Å²) in [6.45, 7) is 6.08. The summed E-state index contributed by atoms with van der Waals surface area (Å²) in [4.78, 5) is 0. The van der Waals surface area contributed by atoms with E-state index in [9.17, 15) is 5.11 Å². The highest BCUT2D eigenvalue weighted by atomic mass is 16.5. The molecule has 2 N–H and O–H groups in total. The first-order valence-electron chi connectivity index (χ1n) is 7.16. The van der Waals surface area contributed by atoms with Crippen LogP contribution in [0, 0.1) is 5.92 Å². The minimum Gasteiger partial charge on any atom is -0.389 e. The van der Waals surface area contributed by atoms with Gasteiger partial charge in [0.25, 0.3) is 0 Å². The summed E-state index contributed by atoms with van der Waals surface area (Å²) in [7, 11) is 0. The Morgan fingerprint density at radius 3 is 2.65 bits per heavy atom. The highest BCUT2D eigenvalue weighted by Crippen LogP contribution is 2.31. The van der Waals surface area contributed by atoms with Crippen molar-refractivity contribution in [2.45, 2.75) is 70.1 Å². The van der Waals surface area contributed by atoms with Crippen LogP contribution < -0.4 is 5.32 Å². The standard InChI is InChI=1S/C14H27NO2/c1-11-5-7-14(16,8-6-11)10-15-12(2)13-4-3-9-17-13/h11-13,15-16H,3-10H2,1-2H3. The third-order valence-corrected chi connectivity index (χ3v) is 4.48. The van der Waals surface area contributed by atoms with E-state index >= 15 is 0 Å². The Bertz CT molecular complexity index is 230. The lowest BCUT2D eigenvalue weighted by Crippen LogP contribution is -2.48. The van der Waals surface area contributed by atoms with E-state index in [0.717, 1.165) is 51.2 Å².